The number of ether oxygens (including phenoxy) is 1. The van der Waals surface area contributed by atoms with E-state index >= 15 is 0 Å². The van der Waals surface area contributed by atoms with Crippen molar-refractivity contribution < 1.29 is 13.9 Å². The van der Waals surface area contributed by atoms with Crippen molar-refractivity contribution in [3.63, 3.8) is 0 Å². The van der Waals surface area contributed by atoms with Crippen molar-refractivity contribution in [3.8, 4) is 5.75 Å². The lowest BCUT2D eigenvalue weighted by Gasteiger charge is -2.22. The van der Waals surface area contributed by atoms with Crippen molar-refractivity contribution in [2.75, 3.05) is 7.11 Å². The fourth-order valence-corrected chi connectivity index (χ4v) is 4.26. The number of carbonyl (C=O) groups is 1. The summed E-state index contributed by atoms with van der Waals surface area (Å²) in [7, 11) is 1.60. The lowest BCUT2D eigenvalue weighted by atomic mass is 9.98. The monoisotopic (exact) mass is 465 g/mol. The lowest BCUT2D eigenvalue weighted by molar-refractivity contribution is 0.0678. The van der Waals surface area contributed by atoms with Gasteiger partial charge >= 0.3 is 5.91 Å². The van der Waals surface area contributed by atoms with E-state index in [9.17, 15) is 4.79 Å². The van der Waals surface area contributed by atoms with Gasteiger partial charge in [0.05, 0.1) is 30.6 Å². The SMILES string of the molecule is COc1ccc2cc([C@@H]3CC(c4cccc(Cl)c4)=NN3C(=O)c3ccco3)c(Cl)nc2c1. The van der Waals surface area contributed by atoms with Gasteiger partial charge in [-0.15, -0.1) is 0 Å². The van der Waals surface area contributed by atoms with Gasteiger partial charge in [-0.05, 0) is 48.0 Å². The van der Waals surface area contributed by atoms with E-state index in [1.807, 2.05) is 42.5 Å². The van der Waals surface area contributed by atoms with Gasteiger partial charge in [0.2, 0.25) is 0 Å². The third kappa shape index (κ3) is 3.72. The van der Waals surface area contributed by atoms with Crippen molar-refractivity contribution in [1.29, 1.82) is 0 Å². The van der Waals surface area contributed by atoms with E-state index in [0.29, 0.717) is 33.4 Å². The Morgan fingerprint density at radius 1 is 1.12 bits per heavy atom. The number of aromatic nitrogens is 1. The average molecular weight is 466 g/mol. The van der Waals surface area contributed by atoms with E-state index in [0.717, 1.165) is 16.7 Å². The zero-order chi connectivity index (χ0) is 22.2. The summed E-state index contributed by atoms with van der Waals surface area (Å²) in [4.78, 5) is 17.8. The van der Waals surface area contributed by atoms with Crippen LogP contribution in [0.2, 0.25) is 10.2 Å². The smallest absolute Gasteiger partial charge is 0.310 e. The molecule has 0 fully saturated rings. The minimum absolute atomic E-state index is 0.195. The molecule has 0 saturated heterocycles. The van der Waals surface area contributed by atoms with Crippen molar-refractivity contribution in [1.82, 2.24) is 9.99 Å². The Balaban J connectivity index is 1.60. The number of halogens is 2. The van der Waals surface area contributed by atoms with Crippen molar-refractivity contribution in [2.24, 2.45) is 5.10 Å². The highest BCUT2D eigenvalue weighted by Crippen LogP contribution is 2.38. The molecule has 32 heavy (non-hydrogen) atoms. The molecule has 3 heterocycles. The number of pyridine rings is 1. The second-order valence-electron chi connectivity index (χ2n) is 7.33. The Morgan fingerprint density at radius 3 is 2.75 bits per heavy atom. The Bertz CT molecular complexity index is 1350. The molecule has 1 aliphatic heterocycles. The van der Waals surface area contributed by atoms with E-state index in [2.05, 4.69) is 10.1 Å². The predicted molar refractivity (Wildman–Crippen MR) is 124 cm³/mol. The number of hydrogen-bond donors (Lipinski definition) is 0. The van der Waals surface area contributed by atoms with Gasteiger partial charge in [-0.25, -0.2) is 9.99 Å². The molecule has 0 N–H and O–H groups in total. The van der Waals surface area contributed by atoms with E-state index in [-0.39, 0.29) is 11.7 Å². The zero-order valence-electron chi connectivity index (χ0n) is 17.0. The summed E-state index contributed by atoms with van der Waals surface area (Å²) in [5.74, 6) is 0.527. The normalized spacial score (nSPS) is 15.8. The molecule has 5 rings (SSSR count). The molecular formula is C24H17Cl2N3O3. The highest BCUT2D eigenvalue weighted by atomic mass is 35.5. The molecule has 1 aliphatic rings. The maximum atomic E-state index is 13.2. The first-order valence-electron chi connectivity index (χ1n) is 9.88. The van der Waals surface area contributed by atoms with Crippen LogP contribution in [0.3, 0.4) is 0 Å². The molecule has 0 aliphatic carbocycles. The molecule has 0 spiro atoms. The molecule has 4 aromatic rings. The Kier molecular flexibility index (Phi) is 5.33. The number of nitrogens with zero attached hydrogens (tertiary/aromatic N) is 3. The first kappa shape index (κ1) is 20.5. The molecule has 160 valence electrons. The van der Waals surface area contributed by atoms with Crippen LogP contribution < -0.4 is 4.74 Å². The van der Waals surface area contributed by atoms with Gasteiger partial charge in [-0.1, -0.05) is 35.3 Å². The maximum Gasteiger partial charge on any atom is 0.310 e. The molecule has 8 heteroatoms. The van der Waals surface area contributed by atoms with Crippen LogP contribution in [0.15, 0.2) is 76.4 Å². The van der Waals surface area contributed by atoms with Gasteiger partial charge in [-0.2, -0.15) is 5.10 Å². The number of fused-ring (bicyclic) bond motifs is 1. The lowest BCUT2D eigenvalue weighted by Crippen LogP contribution is -2.27. The van der Waals surface area contributed by atoms with Gasteiger partial charge in [0.15, 0.2) is 5.76 Å². The van der Waals surface area contributed by atoms with Crippen LogP contribution in [0.5, 0.6) is 5.75 Å². The first-order valence-corrected chi connectivity index (χ1v) is 10.6. The summed E-state index contributed by atoms with van der Waals surface area (Å²) in [6.45, 7) is 0. The summed E-state index contributed by atoms with van der Waals surface area (Å²) in [5, 5.41) is 7.82. The summed E-state index contributed by atoms with van der Waals surface area (Å²) < 4.78 is 10.6. The number of carbonyl (C=O) groups excluding carboxylic acids is 1. The fraction of sp³-hybridized carbons (Fsp3) is 0.125. The number of rotatable bonds is 4. The van der Waals surface area contributed by atoms with Crippen molar-refractivity contribution in [3.05, 3.63) is 94.0 Å². The molecule has 2 aromatic heterocycles. The van der Waals surface area contributed by atoms with E-state index in [4.69, 9.17) is 32.4 Å². The summed E-state index contributed by atoms with van der Waals surface area (Å²) >= 11 is 12.8. The van der Waals surface area contributed by atoms with Gasteiger partial charge in [0, 0.05) is 28.5 Å². The number of hydrogen-bond acceptors (Lipinski definition) is 5. The Labute approximate surface area is 194 Å². The molecule has 0 saturated carbocycles. The van der Waals surface area contributed by atoms with Gasteiger partial charge < -0.3 is 9.15 Å². The van der Waals surface area contributed by atoms with Gasteiger partial charge in [0.25, 0.3) is 0 Å². The minimum Gasteiger partial charge on any atom is -0.497 e. The Morgan fingerprint density at radius 2 is 2.00 bits per heavy atom. The van der Waals surface area contributed by atoms with Crippen molar-refractivity contribution >= 4 is 45.7 Å². The summed E-state index contributed by atoms with van der Waals surface area (Å²) in [5.41, 5.74) is 2.97. The number of amides is 1. The molecule has 6 nitrogen and oxygen atoms in total. The van der Waals surface area contributed by atoms with E-state index < -0.39 is 6.04 Å². The number of benzene rings is 2. The largest absolute Gasteiger partial charge is 0.497 e. The van der Waals surface area contributed by atoms with Crippen LogP contribution >= 0.6 is 23.2 Å². The topological polar surface area (TPSA) is 67.9 Å². The molecule has 0 unspecified atom stereocenters. The molecule has 1 amide bonds. The van der Waals surface area contributed by atoms with E-state index in [1.165, 1.54) is 11.3 Å². The Hall–Kier alpha value is -3.35. The molecule has 0 bridgehead atoms. The zero-order valence-corrected chi connectivity index (χ0v) is 18.5. The standard InChI is InChI=1S/C24H17Cl2N3O3/c1-31-17-8-7-15-11-18(23(26)27-19(15)12-17)21-13-20(14-4-2-5-16(25)10-14)28-29(21)24(30)22-6-3-9-32-22/h2-12,21H,13H2,1H3/t21-/m0/s1. The van der Waals surface area contributed by atoms with Crippen molar-refractivity contribution in [2.45, 2.75) is 12.5 Å². The van der Waals surface area contributed by atoms with Gasteiger partial charge in [-0.3, -0.25) is 4.79 Å². The molecule has 1 atom stereocenters. The summed E-state index contributed by atoms with van der Waals surface area (Å²) in [6.07, 6.45) is 1.91. The maximum absolute atomic E-state index is 13.2. The third-order valence-electron chi connectivity index (χ3n) is 5.37. The molecular weight excluding hydrogens is 449 g/mol. The minimum atomic E-state index is -0.451. The highest BCUT2D eigenvalue weighted by Gasteiger charge is 2.36. The molecule has 2 aromatic carbocycles. The van der Waals surface area contributed by atoms with Gasteiger partial charge in [0.1, 0.15) is 10.9 Å². The second kappa shape index (κ2) is 8.30. The highest BCUT2D eigenvalue weighted by molar-refractivity contribution is 6.31. The van der Waals surface area contributed by atoms with Crippen LogP contribution in [0.25, 0.3) is 10.9 Å². The summed E-state index contributed by atoms with van der Waals surface area (Å²) in [6, 6.07) is 17.7. The number of methoxy groups -OCH3 is 1. The first-order chi connectivity index (χ1) is 15.5. The van der Waals surface area contributed by atoms with Crippen LogP contribution in [0.4, 0.5) is 0 Å². The van der Waals surface area contributed by atoms with Crippen LogP contribution in [-0.2, 0) is 0 Å². The van der Waals surface area contributed by atoms with Crippen LogP contribution in [0.1, 0.15) is 34.1 Å². The quantitative estimate of drug-likeness (QED) is 0.339. The third-order valence-corrected chi connectivity index (χ3v) is 5.91. The van der Waals surface area contributed by atoms with E-state index in [1.54, 1.807) is 25.3 Å². The molecule has 0 radical (unpaired) electrons. The average Bonchev–Trinajstić information content (AvgIpc) is 3.48. The second-order valence-corrected chi connectivity index (χ2v) is 8.13. The fourth-order valence-electron chi connectivity index (χ4n) is 3.80. The number of furan rings is 1. The van der Waals surface area contributed by atoms with Crippen LogP contribution in [0, 0.1) is 0 Å². The predicted octanol–water partition coefficient (Wildman–Crippen LogP) is 6.13. The number of hydrazone groups is 1. The van der Waals surface area contributed by atoms with Crippen LogP contribution in [-0.4, -0.2) is 28.7 Å².